The maximum Gasteiger partial charge on any atom is 0.255 e. The third kappa shape index (κ3) is 4.29. The molecule has 0 aliphatic rings. The Bertz CT molecular complexity index is 681. The minimum absolute atomic E-state index is 0.124. The number of rotatable bonds is 3. The first-order valence-corrected chi connectivity index (χ1v) is 7.49. The molecule has 0 saturated carbocycles. The molecular formula is C16H15IN2O2. The molecule has 0 aromatic heterocycles. The second-order valence-corrected chi connectivity index (χ2v) is 5.84. The number of anilines is 2. The average molecular weight is 394 g/mol. The van der Waals surface area contributed by atoms with Gasteiger partial charge in [0.1, 0.15) is 0 Å². The molecule has 21 heavy (non-hydrogen) atoms. The topological polar surface area (TPSA) is 58.2 Å². The van der Waals surface area contributed by atoms with Gasteiger partial charge in [-0.05, 0) is 71.5 Å². The minimum atomic E-state index is -0.153. The van der Waals surface area contributed by atoms with Crippen molar-refractivity contribution in [2.24, 2.45) is 0 Å². The summed E-state index contributed by atoms with van der Waals surface area (Å²) in [6.07, 6.45) is 0. The predicted molar refractivity (Wildman–Crippen MR) is 92.6 cm³/mol. The Morgan fingerprint density at radius 1 is 0.952 bits per heavy atom. The van der Waals surface area contributed by atoms with Gasteiger partial charge in [0.15, 0.2) is 0 Å². The smallest absolute Gasteiger partial charge is 0.255 e. The zero-order valence-corrected chi connectivity index (χ0v) is 13.9. The molecule has 0 fully saturated rings. The Hall–Kier alpha value is -1.89. The average Bonchev–Trinajstić information content (AvgIpc) is 2.43. The fraction of sp³-hybridized carbons (Fsp3) is 0.125. The van der Waals surface area contributed by atoms with Crippen LogP contribution in [0.1, 0.15) is 22.8 Å². The van der Waals surface area contributed by atoms with E-state index >= 15 is 0 Å². The van der Waals surface area contributed by atoms with Crippen LogP contribution in [0.15, 0.2) is 42.5 Å². The number of carbonyl (C=O) groups is 2. The van der Waals surface area contributed by atoms with Crippen molar-refractivity contribution in [3.63, 3.8) is 0 Å². The number of carbonyl (C=O) groups excluding carboxylic acids is 2. The van der Waals surface area contributed by atoms with Gasteiger partial charge in [-0.1, -0.05) is 6.07 Å². The molecule has 2 aromatic carbocycles. The maximum atomic E-state index is 12.2. The zero-order chi connectivity index (χ0) is 15.4. The molecule has 5 heteroatoms. The van der Waals surface area contributed by atoms with Crippen LogP contribution in [0.25, 0.3) is 0 Å². The minimum Gasteiger partial charge on any atom is -0.326 e. The second-order valence-electron chi connectivity index (χ2n) is 4.68. The number of hydrogen-bond donors (Lipinski definition) is 2. The summed E-state index contributed by atoms with van der Waals surface area (Å²) in [5, 5.41) is 5.51. The van der Waals surface area contributed by atoms with Crippen molar-refractivity contribution in [3.8, 4) is 0 Å². The fourth-order valence-corrected chi connectivity index (χ4v) is 2.29. The van der Waals surface area contributed by atoms with Gasteiger partial charge >= 0.3 is 0 Å². The molecule has 0 heterocycles. The maximum absolute atomic E-state index is 12.2. The molecule has 0 spiro atoms. The third-order valence-corrected chi connectivity index (χ3v) is 4.06. The summed E-state index contributed by atoms with van der Waals surface area (Å²) >= 11 is 2.21. The molecule has 4 nitrogen and oxygen atoms in total. The molecule has 0 bridgehead atoms. The molecule has 108 valence electrons. The number of hydrogen-bond acceptors (Lipinski definition) is 2. The first kappa shape index (κ1) is 15.5. The highest BCUT2D eigenvalue weighted by atomic mass is 127. The van der Waals surface area contributed by atoms with E-state index in [2.05, 4.69) is 33.2 Å². The number of halogens is 1. The van der Waals surface area contributed by atoms with Crippen molar-refractivity contribution in [1.82, 2.24) is 0 Å². The summed E-state index contributed by atoms with van der Waals surface area (Å²) in [5.41, 5.74) is 3.15. The highest BCUT2D eigenvalue weighted by molar-refractivity contribution is 14.1. The van der Waals surface area contributed by atoms with Gasteiger partial charge in [-0.3, -0.25) is 9.59 Å². The van der Waals surface area contributed by atoms with Crippen LogP contribution in [0.2, 0.25) is 0 Å². The Morgan fingerprint density at radius 3 is 2.05 bits per heavy atom. The van der Waals surface area contributed by atoms with Crippen LogP contribution < -0.4 is 10.6 Å². The first-order valence-electron chi connectivity index (χ1n) is 6.41. The van der Waals surface area contributed by atoms with Crippen LogP contribution in [0.5, 0.6) is 0 Å². The summed E-state index contributed by atoms with van der Waals surface area (Å²) < 4.78 is 1.06. The second kappa shape index (κ2) is 6.71. The van der Waals surface area contributed by atoms with Crippen LogP contribution in [-0.4, -0.2) is 11.8 Å². The molecular weight excluding hydrogens is 379 g/mol. The molecule has 0 saturated heterocycles. The van der Waals surface area contributed by atoms with Crippen LogP contribution in [0, 0.1) is 10.5 Å². The van der Waals surface area contributed by atoms with Crippen LogP contribution in [-0.2, 0) is 4.79 Å². The number of nitrogens with one attached hydrogen (secondary N) is 2. The van der Waals surface area contributed by atoms with Crippen molar-refractivity contribution in [1.29, 1.82) is 0 Å². The van der Waals surface area contributed by atoms with Gasteiger partial charge in [0, 0.05) is 27.4 Å². The van der Waals surface area contributed by atoms with Crippen molar-refractivity contribution in [2.75, 3.05) is 10.6 Å². The molecule has 0 aliphatic heterocycles. The van der Waals surface area contributed by atoms with Crippen molar-refractivity contribution >= 4 is 45.8 Å². The van der Waals surface area contributed by atoms with Gasteiger partial charge in [-0.25, -0.2) is 0 Å². The lowest BCUT2D eigenvalue weighted by Gasteiger charge is -2.08. The standard InChI is InChI=1S/C16H15IN2O2/c1-10-3-4-12(9-15(10)17)16(21)19-14-7-5-13(6-8-14)18-11(2)20/h3-9H,1-2H3,(H,18,20)(H,19,21). The van der Waals surface area contributed by atoms with E-state index in [1.54, 1.807) is 30.3 Å². The largest absolute Gasteiger partial charge is 0.326 e. The SMILES string of the molecule is CC(=O)Nc1ccc(NC(=O)c2ccc(C)c(I)c2)cc1. The lowest BCUT2D eigenvalue weighted by atomic mass is 10.1. The Kier molecular flexibility index (Phi) is 4.95. The Morgan fingerprint density at radius 2 is 1.52 bits per heavy atom. The molecule has 2 aromatic rings. The predicted octanol–water partition coefficient (Wildman–Crippen LogP) is 3.81. The fourth-order valence-electron chi connectivity index (χ4n) is 1.78. The van der Waals surface area contributed by atoms with E-state index < -0.39 is 0 Å². The van der Waals surface area contributed by atoms with E-state index in [0.29, 0.717) is 16.9 Å². The molecule has 0 radical (unpaired) electrons. The van der Waals surface area contributed by atoms with E-state index in [0.717, 1.165) is 9.13 Å². The molecule has 0 aliphatic carbocycles. The van der Waals surface area contributed by atoms with E-state index in [1.165, 1.54) is 6.92 Å². The number of amides is 2. The molecule has 0 atom stereocenters. The van der Waals surface area contributed by atoms with Gasteiger partial charge in [0.05, 0.1) is 0 Å². The Balaban J connectivity index is 2.08. The quantitative estimate of drug-likeness (QED) is 0.778. The summed E-state index contributed by atoms with van der Waals surface area (Å²) in [5.74, 6) is -0.277. The van der Waals surface area contributed by atoms with E-state index in [1.807, 2.05) is 19.1 Å². The highest BCUT2D eigenvalue weighted by Gasteiger charge is 2.07. The van der Waals surface area contributed by atoms with Crippen molar-refractivity contribution < 1.29 is 9.59 Å². The zero-order valence-electron chi connectivity index (χ0n) is 11.7. The lowest BCUT2D eigenvalue weighted by molar-refractivity contribution is -0.114. The molecule has 2 N–H and O–H groups in total. The normalized spacial score (nSPS) is 10.0. The van der Waals surface area contributed by atoms with Crippen molar-refractivity contribution in [2.45, 2.75) is 13.8 Å². The van der Waals surface area contributed by atoms with Crippen LogP contribution in [0.3, 0.4) is 0 Å². The molecule has 0 unspecified atom stereocenters. The van der Waals surface area contributed by atoms with Crippen molar-refractivity contribution in [3.05, 3.63) is 57.2 Å². The van der Waals surface area contributed by atoms with E-state index in [-0.39, 0.29) is 11.8 Å². The first-order chi connectivity index (χ1) is 9.95. The Labute approximate surface area is 137 Å². The summed E-state index contributed by atoms with van der Waals surface area (Å²) in [6.45, 7) is 3.46. The molecule has 2 rings (SSSR count). The number of aryl methyl sites for hydroxylation is 1. The van der Waals surface area contributed by atoms with Gasteiger partial charge in [-0.2, -0.15) is 0 Å². The van der Waals surface area contributed by atoms with Gasteiger partial charge in [0.25, 0.3) is 5.91 Å². The molecule has 2 amide bonds. The monoisotopic (exact) mass is 394 g/mol. The summed E-state index contributed by atoms with van der Waals surface area (Å²) in [4.78, 5) is 23.1. The summed E-state index contributed by atoms with van der Waals surface area (Å²) in [6, 6.07) is 12.6. The van der Waals surface area contributed by atoms with E-state index in [4.69, 9.17) is 0 Å². The van der Waals surface area contributed by atoms with Gasteiger partial charge < -0.3 is 10.6 Å². The van der Waals surface area contributed by atoms with E-state index in [9.17, 15) is 9.59 Å². The van der Waals surface area contributed by atoms with Gasteiger partial charge in [-0.15, -0.1) is 0 Å². The highest BCUT2D eigenvalue weighted by Crippen LogP contribution is 2.17. The number of benzene rings is 2. The van der Waals surface area contributed by atoms with Gasteiger partial charge in [0.2, 0.25) is 5.91 Å². The van der Waals surface area contributed by atoms with Crippen LogP contribution >= 0.6 is 22.6 Å². The third-order valence-electron chi connectivity index (χ3n) is 2.90. The van der Waals surface area contributed by atoms with Crippen LogP contribution in [0.4, 0.5) is 11.4 Å². The summed E-state index contributed by atoms with van der Waals surface area (Å²) in [7, 11) is 0. The lowest BCUT2D eigenvalue weighted by Crippen LogP contribution is -2.12.